The Morgan fingerprint density at radius 3 is 2.71 bits per heavy atom. The van der Waals surface area contributed by atoms with E-state index in [1.807, 2.05) is 35.3 Å². The maximum atomic E-state index is 12.8. The van der Waals surface area contributed by atoms with Crippen molar-refractivity contribution >= 4 is 23.2 Å². The maximum absolute atomic E-state index is 12.8. The van der Waals surface area contributed by atoms with Crippen LogP contribution in [-0.2, 0) is 29.0 Å². The number of hydrogen-bond donors (Lipinski definition) is 1. The average molecular weight is 447 g/mol. The minimum absolute atomic E-state index is 0.0213. The monoisotopic (exact) mass is 446 g/mol. The van der Waals surface area contributed by atoms with Gasteiger partial charge in [-0.15, -0.1) is 21.5 Å². The molecule has 0 fully saturated rings. The van der Waals surface area contributed by atoms with Crippen LogP contribution in [0.2, 0.25) is 0 Å². The van der Waals surface area contributed by atoms with Gasteiger partial charge in [0, 0.05) is 37.4 Å². The number of aryl methyl sites for hydroxylation is 1. The highest BCUT2D eigenvalue weighted by molar-refractivity contribution is 7.09. The minimum atomic E-state index is -0.185. The molecule has 0 aromatic carbocycles. The van der Waals surface area contributed by atoms with Gasteiger partial charge < -0.3 is 19.7 Å². The Kier molecular flexibility index (Phi) is 8.20. The second-order valence-electron chi connectivity index (χ2n) is 8.82. The van der Waals surface area contributed by atoms with E-state index in [9.17, 15) is 9.59 Å². The molecular formula is C22H34N6O2S. The van der Waals surface area contributed by atoms with E-state index in [0.29, 0.717) is 44.9 Å². The van der Waals surface area contributed by atoms with Gasteiger partial charge in [-0.3, -0.25) is 9.59 Å². The van der Waals surface area contributed by atoms with E-state index in [-0.39, 0.29) is 17.9 Å². The normalized spacial score (nSPS) is 15.1. The molecule has 1 atom stereocenters. The van der Waals surface area contributed by atoms with Crippen molar-refractivity contribution in [3.05, 3.63) is 34.0 Å². The zero-order chi connectivity index (χ0) is 22.4. The van der Waals surface area contributed by atoms with Crippen molar-refractivity contribution in [2.45, 2.75) is 52.1 Å². The van der Waals surface area contributed by atoms with Gasteiger partial charge in [-0.1, -0.05) is 19.9 Å². The van der Waals surface area contributed by atoms with E-state index >= 15 is 0 Å². The van der Waals surface area contributed by atoms with Gasteiger partial charge in [0.05, 0.1) is 12.6 Å². The number of nitrogens with one attached hydrogen (secondary N) is 1. The zero-order valence-corrected chi connectivity index (χ0v) is 19.8. The van der Waals surface area contributed by atoms with Crippen molar-refractivity contribution in [1.29, 1.82) is 0 Å². The first-order chi connectivity index (χ1) is 14.8. The van der Waals surface area contributed by atoms with Gasteiger partial charge in [0.1, 0.15) is 5.82 Å². The van der Waals surface area contributed by atoms with Crippen LogP contribution in [0.15, 0.2) is 17.5 Å². The average Bonchev–Trinajstić information content (AvgIpc) is 3.30. The maximum Gasteiger partial charge on any atom is 0.234 e. The van der Waals surface area contributed by atoms with Gasteiger partial charge in [0.15, 0.2) is 5.82 Å². The van der Waals surface area contributed by atoms with Gasteiger partial charge in [-0.2, -0.15) is 0 Å². The van der Waals surface area contributed by atoms with Crippen molar-refractivity contribution < 1.29 is 9.59 Å². The molecule has 0 spiro atoms. The second kappa shape index (κ2) is 10.9. The number of aromatic nitrogens is 3. The molecule has 0 radical (unpaired) electrons. The number of rotatable bonds is 9. The molecule has 2 aromatic heterocycles. The highest BCUT2D eigenvalue weighted by Gasteiger charge is 2.27. The summed E-state index contributed by atoms with van der Waals surface area (Å²) in [6.45, 7) is 6.56. The summed E-state index contributed by atoms with van der Waals surface area (Å²) in [6.07, 6.45) is 2.79. The minimum Gasteiger partial charge on any atom is -0.345 e. The SMILES string of the molecule is CC(C)CC(NC(=O)CN(C)C)c1nnc2n1CCN(C(=O)CCc1cccs1)CC2. The van der Waals surface area contributed by atoms with Gasteiger partial charge in [-0.25, -0.2) is 0 Å². The zero-order valence-electron chi connectivity index (χ0n) is 19.0. The van der Waals surface area contributed by atoms with Crippen molar-refractivity contribution in [3.63, 3.8) is 0 Å². The number of likely N-dealkylation sites (N-methyl/N-ethyl adjacent to an activating group) is 1. The predicted octanol–water partition coefficient (Wildman–Crippen LogP) is 2.12. The lowest BCUT2D eigenvalue weighted by atomic mass is 10.0. The Labute approximate surface area is 188 Å². The summed E-state index contributed by atoms with van der Waals surface area (Å²) in [5.41, 5.74) is 0. The van der Waals surface area contributed by atoms with Gasteiger partial charge >= 0.3 is 0 Å². The summed E-state index contributed by atoms with van der Waals surface area (Å²) in [6, 6.07) is 3.91. The van der Waals surface area contributed by atoms with E-state index in [2.05, 4.69) is 40.0 Å². The van der Waals surface area contributed by atoms with E-state index in [1.165, 1.54) is 4.88 Å². The number of hydrogen-bond acceptors (Lipinski definition) is 6. The largest absolute Gasteiger partial charge is 0.345 e. The first-order valence-electron chi connectivity index (χ1n) is 11.0. The molecule has 9 heteroatoms. The number of fused-ring (bicyclic) bond motifs is 1. The Hall–Kier alpha value is -2.26. The van der Waals surface area contributed by atoms with Crippen LogP contribution >= 0.6 is 11.3 Å². The summed E-state index contributed by atoms with van der Waals surface area (Å²) in [7, 11) is 3.76. The van der Waals surface area contributed by atoms with Gasteiger partial charge in [-0.05, 0) is 44.3 Å². The summed E-state index contributed by atoms with van der Waals surface area (Å²) in [5, 5.41) is 14.0. The number of thiophene rings is 1. The van der Waals surface area contributed by atoms with E-state index in [4.69, 9.17) is 0 Å². The molecule has 8 nitrogen and oxygen atoms in total. The number of nitrogens with zero attached hydrogens (tertiary/aromatic N) is 5. The number of carbonyl (C=O) groups excluding carboxylic acids is 2. The second-order valence-corrected chi connectivity index (χ2v) is 9.86. The molecule has 0 saturated heterocycles. The molecule has 1 unspecified atom stereocenters. The molecule has 2 aromatic rings. The molecule has 1 N–H and O–H groups in total. The fraction of sp³-hybridized carbons (Fsp3) is 0.636. The molecule has 3 rings (SSSR count). The Balaban J connectivity index is 1.66. The molecule has 1 aliphatic heterocycles. The van der Waals surface area contributed by atoms with Crippen LogP contribution in [0.5, 0.6) is 0 Å². The van der Waals surface area contributed by atoms with Crippen LogP contribution in [-0.4, -0.2) is 70.1 Å². The first-order valence-corrected chi connectivity index (χ1v) is 11.9. The third-order valence-electron chi connectivity index (χ3n) is 5.39. The highest BCUT2D eigenvalue weighted by atomic mass is 32.1. The topological polar surface area (TPSA) is 83.4 Å². The lowest BCUT2D eigenvalue weighted by Crippen LogP contribution is -2.38. The van der Waals surface area contributed by atoms with Gasteiger partial charge in [0.25, 0.3) is 0 Å². The molecule has 0 bridgehead atoms. The van der Waals surface area contributed by atoms with Crippen molar-refractivity contribution in [1.82, 2.24) is 29.9 Å². The molecular weight excluding hydrogens is 412 g/mol. The molecule has 3 heterocycles. The molecule has 0 saturated carbocycles. The summed E-state index contributed by atoms with van der Waals surface area (Å²) >= 11 is 1.69. The Bertz CT molecular complexity index is 861. The Morgan fingerprint density at radius 1 is 1.23 bits per heavy atom. The lowest BCUT2D eigenvalue weighted by Gasteiger charge is -2.23. The van der Waals surface area contributed by atoms with Gasteiger partial charge in [0.2, 0.25) is 11.8 Å². The lowest BCUT2D eigenvalue weighted by molar-refractivity contribution is -0.131. The fourth-order valence-corrected chi connectivity index (χ4v) is 4.63. The standard InChI is InChI=1S/C22H34N6O2S/c1-16(2)14-18(23-20(29)15-26(3)4)22-25-24-19-9-10-27(11-12-28(19)22)21(30)8-7-17-6-5-13-31-17/h5-6,13,16,18H,7-12,14-15H2,1-4H3,(H,23,29). The molecule has 170 valence electrons. The summed E-state index contributed by atoms with van der Waals surface area (Å²) in [5.74, 6) is 2.25. The third kappa shape index (κ3) is 6.61. The first kappa shape index (κ1) is 23.4. The van der Waals surface area contributed by atoms with Crippen molar-refractivity contribution in [2.24, 2.45) is 5.92 Å². The number of amides is 2. The van der Waals surface area contributed by atoms with E-state index in [1.54, 1.807) is 11.3 Å². The summed E-state index contributed by atoms with van der Waals surface area (Å²) in [4.78, 5) is 30.2. The molecule has 31 heavy (non-hydrogen) atoms. The summed E-state index contributed by atoms with van der Waals surface area (Å²) < 4.78 is 2.11. The smallest absolute Gasteiger partial charge is 0.234 e. The van der Waals surface area contributed by atoms with Crippen molar-refractivity contribution in [2.75, 3.05) is 33.7 Å². The van der Waals surface area contributed by atoms with Crippen LogP contribution in [0.1, 0.15) is 49.3 Å². The van der Waals surface area contributed by atoms with Crippen LogP contribution in [0.4, 0.5) is 0 Å². The molecule has 2 amide bonds. The fourth-order valence-electron chi connectivity index (χ4n) is 3.92. The van der Waals surface area contributed by atoms with E-state index in [0.717, 1.165) is 24.5 Å². The molecule has 1 aliphatic rings. The van der Waals surface area contributed by atoms with Crippen LogP contribution in [0, 0.1) is 5.92 Å². The quantitative estimate of drug-likeness (QED) is 0.638. The van der Waals surface area contributed by atoms with Crippen molar-refractivity contribution in [3.8, 4) is 0 Å². The molecule has 0 aliphatic carbocycles. The number of carbonyl (C=O) groups is 2. The predicted molar refractivity (Wildman–Crippen MR) is 122 cm³/mol. The van der Waals surface area contributed by atoms with Crippen LogP contribution in [0.25, 0.3) is 0 Å². The van der Waals surface area contributed by atoms with E-state index < -0.39 is 0 Å². The van der Waals surface area contributed by atoms with Crippen LogP contribution in [0.3, 0.4) is 0 Å². The highest BCUT2D eigenvalue weighted by Crippen LogP contribution is 2.22. The van der Waals surface area contributed by atoms with Crippen LogP contribution < -0.4 is 5.32 Å². The Morgan fingerprint density at radius 2 is 2.03 bits per heavy atom. The third-order valence-corrected chi connectivity index (χ3v) is 6.32.